The first-order chi connectivity index (χ1) is 17.4. The van der Waals surface area contributed by atoms with E-state index in [2.05, 4.69) is 46.0 Å². The van der Waals surface area contributed by atoms with Crippen molar-refractivity contribution in [2.75, 3.05) is 50.0 Å². The molecule has 1 aromatic heterocycles. The molecule has 0 bridgehead atoms. The van der Waals surface area contributed by atoms with Gasteiger partial charge in [0.05, 0.1) is 11.6 Å². The number of aryl methyl sites for hydroxylation is 2. The summed E-state index contributed by atoms with van der Waals surface area (Å²) in [6.07, 6.45) is 0. The largest absolute Gasteiger partial charge is 0.395 e. The third kappa shape index (κ3) is 11.0. The number of aliphatic hydroxyl groups is 1. The Labute approximate surface area is 227 Å². The average Bonchev–Trinajstić information content (AvgIpc) is 3.25. The number of anilines is 2. The van der Waals surface area contributed by atoms with E-state index in [1.807, 2.05) is 27.7 Å². The van der Waals surface area contributed by atoms with Crippen molar-refractivity contribution in [1.29, 1.82) is 0 Å². The molecular formula is C29H45FN4O2S. The lowest BCUT2D eigenvalue weighted by molar-refractivity contribution is 0.104. The van der Waals surface area contributed by atoms with Gasteiger partial charge in [-0.15, -0.1) is 11.3 Å². The van der Waals surface area contributed by atoms with Crippen LogP contribution in [0.3, 0.4) is 0 Å². The first kappa shape index (κ1) is 34.2. The number of rotatable bonds is 5. The van der Waals surface area contributed by atoms with E-state index in [0.29, 0.717) is 4.88 Å². The molecule has 0 amide bonds. The summed E-state index contributed by atoms with van der Waals surface area (Å²) in [6, 6.07) is 14.2. The standard InChI is InChI=1S/C13H20N2O.C11H9FN2OS.2C2H6.CH4/c1-12-2-4-13(5-3-12)15-8-6-14(7-9-15)10-11-16;1-6-14-11(13)10(16-6)9(15)7-3-2-4-8(12)5-7;2*1-2;/h2-5,16H,6-11H2,1H3;2-5H,13H2,1H3;2*1-2H3;1H4. The van der Waals surface area contributed by atoms with Gasteiger partial charge in [-0.3, -0.25) is 9.69 Å². The van der Waals surface area contributed by atoms with Crippen molar-refractivity contribution < 1.29 is 14.3 Å². The molecule has 0 atom stereocenters. The number of ketones is 1. The van der Waals surface area contributed by atoms with Gasteiger partial charge in [0.25, 0.3) is 0 Å². The Kier molecular flexibility index (Phi) is 17.0. The van der Waals surface area contributed by atoms with Crippen molar-refractivity contribution in [3.8, 4) is 0 Å². The normalized spacial score (nSPS) is 12.5. The van der Waals surface area contributed by atoms with Crippen molar-refractivity contribution in [1.82, 2.24) is 9.88 Å². The fourth-order valence-electron chi connectivity index (χ4n) is 3.49. The predicted molar refractivity (Wildman–Crippen MR) is 157 cm³/mol. The Bertz CT molecular complexity index is 1030. The third-order valence-corrected chi connectivity index (χ3v) is 6.23. The molecule has 6 nitrogen and oxygen atoms in total. The summed E-state index contributed by atoms with van der Waals surface area (Å²) in [5, 5.41) is 9.60. The molecule has 0 radical (unpaired) electrons. The van der Waals surface area contributed by atoms with E-state index in [4.69, 9.17) is 10.8 Å². The fraction of sp³-hybridized carbons (Fsp3) is 0.448. The molecule has 1 fully saturated rings. The molecule has 3 N–H and O–H groups in total. The molecule has 1 aliphatic heterocycles. The summed E-state index contributed by atoms with van der Waals surface area (Å²) in [4.78, 5) is 21.0. The van der Waals surface area contributed by atoms with Crippen LogP contribution in [0.4, 0.5) is 15.9 Å². The maximum atomic E-state index is 13.0. The van der Waals surface area contributed by atoms with Gasteiger partial charge >= 0.3 is 0 Å². The zero-order valence-corrected chi connectivity index (χ0v) is 23.2. The van der Waals surface area contributed by atoms with Gasteiger partial charge in [-0.05, 0) is 38.1 Å². The van der Waals surface area contributed by atoms with Crippen LogP contribution in [0.25, 0.3) is 0 Å². The zero-order valence-electron chi connectivity index (χ0n) is 22.4. The number of aliphatic hydroxyl groups excluding tert-OH is 1. The first-order valence-electron chi connectivity index (χ1n) is 12.6. The van der Waals surface area contributed by atoms with Gasteiger partial charge in [-0.2, -0.15) is 0 Å². The van der Waals surface area contributed by atoms with Gasteiger partial charge in [0.15, 0.2) is 0 Å². The molecule has 2 heterocycles. The van der Waals surface area contributed by atoms with Crippen molar-refractivity contribution in [3.63, 3.8) is 0 Å². The topological polar surface area (TPSA) is 82.7 Å². The fourth-order valence-corrected chi connectivity index (χ4v) is 4.29. The van der Waals surface area contributed by atoms with Crippen LogP contribution in [0.2, 0.25) is 0 Å². The smallest absolute Gasteiger partial charge is 0.206 e. The lowest BCUT2D eigenvalue weighted by Gasteiger charge is -2.35. The van der Waals surface area contributed by atoms with Crippen LogP contribution in [-0.4, -0.2) is 60.1 Å². The van der Waals surface area contributed by atoms with Gasteiger partial charge in [-0.1, -0.05) is 65.0 Å². The van der Waals surface area contributed by atoms with E-state index in [0.717, 1.165) is 37.7 Å². The van der Waals surface area contributed by atoms with Crippen molar-refractivity contribution in [2.24, 2.45) is 0 Å². The maximum absolute atomic E-state index is 13.0. The maximum Gasteiger partial charge on any atom is 0.206 e. The average molecular weight is 533 g/mol. The molecular weight excluding hydrogens is 487 g/mol. The summed E-state index contributed by atoms with van der Waals surface area (Å²) in [5.41, 5.74) is 8.51. The third-order valence-electron chi connectivity index (χ3n) is 5.24. The molecule has 1 saturated heterocycles. The number of halogens is 1. The van der Waals surface area contributed by atoms with E-state index in [-0.39, 0.29) is 31.2 Å². The monoisotopic (exact) mass is 532 g/mol. The highest BCUT2D eigenvalue weighted by molar-refractivity contribution is 7.14. The highest BCUT2D eigenvalue weighted by atomic mass is 32.1. The number of hydrogen-bond donors (Lipinski definition) is 2. The number of carbonyl (C=O) groups is 1. The molecule has 0 spiro atoms. The van der Waals surface area contributed by atoms with Crippen molar-refractivity contribution in [2.45, 2.75) is 49.0 Å². The van der Waals surface area contributed by atoms with E-state index in [1.165, 1.54) is 40.8 Å². The molecule has 1 aliphatic rings. The van der Waals surface area contributed by atoms with Crippen molar-refractivity contribution in [3.05, 3.63) is 75.4 Å². The summed E-state index contributed by atoms with van der Waals surface area (Å²) < 4.78 is 13.0. The molecule has 3 aromatic rings. The van der Waals surface area contributed by atoms with Gasteiger partial charge in [0.2, 0.25) is 5.78 Å². The number of β-amino-alcohol motifs (C(OH)–C–C–N with tert-alkyl or cyclic N) is 1. The number of nitrogens with zero attached hydrogens (tertiary/aromatic N) is 3. The number of nitrogen functional groups attached to an aromatic ring is 1. The molecule has 0 saturated carbocycles. The van der Waals surface area contributed by atoms with Crippen LogP contribution in [0.5, 0.6) is 0 Å². The molecule has 206 valence electrons. The minimum Gasteiger partial charge on any atom is -0.395 e. The molecule has 37 heavy (non-hydrogen) atoms. The summed E-state index contributed by atoms with van der Waals surface area (Å²) >= 11 is 1.22. The number of piperazine rings is 1. The molecule has 0 aliphatic carbocycles. The second-order valence-corrected chi connectivity index (χ2v) is 8.88. The Morgan fingerprint density at radius 1 is 1.03 bits per heavy atom. The summed E-state index contributed by atoms with van der Waals surface area (Å²) in [6.45, 7) is 17.2. The van der Waals surface area contributed by atoms with Crippen LogP contribution in [0.1, 0.15) is 60.9 Å². The van der Waals surface area contributed by atoms with Gasteiger partial charge in [0, 0.05) is 44.0 Å². The van der Waals surface area contributed by atoms with Crippen LogP contribution in [0.15, 0.2) is 48.5 Å². The van der Waals surface area contributed by atoms with Crippen LogP contribution in [0, 0.1) is 19.7 Å². The number of hydrogen-bond acceptors (Lipinski definition) is 7. The first-order valence-corrected chi connectivity index (χ1v) is 13.4. The lowest BCUT2D eigenvalue weighted by atomic mass is 10.1. The lowest BCUT2D eigenvalue weighted by Crippen LogP contribution is -2.47. The van der Waals surface area contributed by atoms with E-state index >= 15 is 0 Å². The Hall–Kier alpha value is -2.81. The number of nitrogens with two attached hydrogens (primary N) is 1. The molecule has 2 aromatic carbocycles. The summed E-state index contributed by atoms with van der Waals surface area (Å²) in [7, 11) is 0. The Balaban J connectivity index is 0.000000603. The predicted octanol–water partition coefficient (Wildman–Crippen LogP) is 6.20. The molecule has 4 rings (SSSR count). The molecule has 8 heteroatoms. The number of benzene rings is 2. The second-order valence-electron chi connectivity index (χ2n) is 7.67. The Morgan fingerprint density at radius 3 is 2.11 bits per heavy atom. The van der Waals surface area contributed by atoms with E-state index in [9.17, 15) is 9.18 Å². The van der Waals surface area contributed by atoms with Crippen LogP contribution >= 0.6 is 11.3 Å². The van der Waals surface area contributed by atoms with Crippen molar-refractivity contribution >= 4 is 28.6 Å². The van der Waals surface area contributed by atoms with Crippen LogP contribution in [-0.2, 0) is 0 Å². The van der Waals surface area contributed by atoms with E-state index < -0.39 is 5.82 Å². The second kappa shape index (κ2) is 18.4. The number of aromatic nitrogens is 1. The quantitative estimate of drug-likeness (QED) is 0.381. The van der Waals surface area contributed by atoms with Gasteiger partial charge in [0.1, 0.15) is 16.5 Å². The SMILES string of the molecule is C.CC.CC.Cc1ccc(N2CCN(CCO)CC2)cc1.Cc1nc(N)c(C(=O)c2cccc(F)c2)s1. The number of carbonyl (C=O) groups excluding carboxylic acids is 1. The van der Waals surface area contributed by atoms with Crippen LogP contribution < -0.4 is 10.6 Å². The van der Waals surface area contributed by atoms with Gasteiger partial charge in [-0.25, -0.2) is 9.37 Å². The van der Waals surface area contributed by atoms with Gasteiger partial charge < -0.3 is 15.7 Å². The Morgan fingerprint density at radius 2 is 1.62 bits per heavy atom. The summed E-state index contributed by atoms with van der Waals surface area (Å²) in [5.74, 6) is -0.523. The minimum absolute atomic E-state index is 0. The zero-order chi connectivity index (χ0) is 27.1. The highest BCUT2D eigenvalue weighted by Crippen LogP contribution is 2.23. The van der Waals surface area contributed by atoms with E-state index in [1.54, 1.807) is 13.0 Å². The number of thiazole rings is 1. The molecule has 0 unspecified atom stereocenters. The highest BCUT2D eigenvalue weighted by Gasteiger charge is 2.17. The minimum atomic E-state index is -0.439.